The minimum absolute atomic E-state index is 0.0451. The summed E-state index contributed by atoms with van der Waals surface area (Å²) in [4.78, 5) is 23.4. The van der Waals surface area contributed by atoms with E-state index in [9.17, 15) is 9.59 Å². The number of rotatable bonds is 4. The van der Waals surface area contributed by atoms with Gasteiger partial charge in [0.25, 0.3) is 5.91 Å². The zero-order chi connectivity index (χ0) is 13.0. The molecule has 1 amide bonds. The molecule has 3 heteroatoms. The van der Waals surface area contributed by atoms with E-state index in [2.05, 4.69) is 5.32 Å². The fraction of sp³-hybridized carbons (Fsp3) is 0.429. The van der Waals surface area contributed by atoms with Gasteiger partial charge in [0.05, 0.1) is 6.04 Å². The zero-order valence-electron chi connectivity index (χ0n) is 10.8. The Kier molecular flexibility index (Phi) is 4.44. The summed E-state index contributed by atoms with van der Waals surface area (Å²) in [6.07, 6.45) is 0.439. The number of hydrogen-bond acceptors (Lipinski definition) is 2. The van der Waals surface area contributed by atoms with Crippen molar-refractivity contribution in [2.24, 2.45) is 0 Å². The van der Waals surface area contributed by atoms with Crippen LogP contribution in [0.25, 0.3) is 0 Å². The van der Waals surface area contributed by atoms with Gasteiger partial charge in [-0.1, -0.05) is 19.1 Å². The van der Waals surface area contributed by atoms with Crippen LogP contribution in [0.2, 0.25) is 0 Å². The van der Waals surface area contributed by atoms with Crippen molar-refractivity contribution in [1.82, 2.24) is 5.32 Å². The largest absolute Gasteiger partial charge is 0.343 e. The molecular formula is C14H19NO2. The molecule has 92 valence electrons. The van der Waals surface area contributed by atoms with Gasteiger partial charge < -0.3 is 5.32 Å². The molecule has 0 fully saturated rings. The van der Waals surface area contributed by atoms with Gasteiger partial charge in [0, 0.05) is 12.0 Å². The van der Waals surface area contributed by atoms with Crippen LogP contribution in [0.15, 0.2) is 18.2 Å². The summed E-state index contributed by atoms with van der Waals surface area (Å²) in [7, 11) is 0. The lowest BCUT2D eigenvalue weighted by atomic mass is 10.0. The molecule has 0 aliphatic carbocycles. The van der Waals surface area contributed by atoms with Crippen molar-refractivity contribution >= 4 is 11.7 Å². The lowest BCUT2D eigenvalue weighted by molar-refractivity contribution is -0.120. The molecule has 1 aromatic rings. The fourth-order valence-corrected chi connectivity index (χ4v) is 1.66. The Labute approximate surface area is 102 Å². The highest BCUT2D eigenvalue weighted by Gasteiger charge is 2.16. The first-order valence-electron chi connectivity index (χ1n) is 5.87. The highest BCUT2D eigenvalue weighted by molar-refractivity contribution is 5.99. The first-order valence-corrected chi connectivity index (χ1v) is 5.87. The maximum absolute atomic E-state index is 12.0. The molecule has 1 N–H and O–H groups in total. The van der Waals surface area contributed by atoms with Gasteiger partial charge >= 0.3 is 0 Å². The number of carbonyl (C=O) groups is 2. The summed E-state index contributed by atoms with van der Waals surface area (Å²) in [5.41, 5.74) is 2.68. The van der Waals surface area contributed by atoms with Crippen LogP contribution in [0.1, 0.15) is 41.8 Å². The summed E-state index contributed by atoms with van der Waals surface area (Å²) in [6.45, 7) is 7.39. The van der Waals surface area contributed by atoms with Crippen molar-refractivity contribution in [1.29, 1.82) is 0 Å². The van der Waals surface area contributed by atoms with E-state index in [1.807, 2.05) is 26.0 Å². The molecule has 0 aromatic heterocycles. The zero-order valence-corrected chi connectivity index (χ0v) is 10.8. The minimum atomic E-state index is -0.424. The second-order valence-electron chi connectivity index (χ2n) is 4.26. The Hall–Kier alpha value is -1.64. The quantitative estimate of drug-likeness (QED) is 0.868. The number of hydrogen-bond donors (Lipinski definition) is 1. The standard InChI is InChI=1S/C14H19NO2/c1-5-13(16)11(4)15-14(17)12-8-6-7-9(2)10(12)3/h6-8,11H,5H2,1-4H3,(H,15,17). The summed E-state index contributed by atoms with van der Waals surface area (Å²) >= 11 is 0. The molecule has 1 rings (SSSR count). The Morgan fingerprint density at radius 2 is 1.94 bits per heavy atom. The molecular weight excluding hydrogens is 214 g/mol. The van der Waals surface area contributed by atoms with Crippen LogP contribution < -0.4 is 5.32 Å². The predicted molar refractivity (Wildman–Crippen MR) is 68.1 cm³/mol. The maximum atomic E-state index is 12.0. The van der Waals surface area contributed by atoms with Crippen molar-refractivity contribution in [2.75, 3.05) is 0 Å². The Morgan fingerprint density at radius 3 is 2.53 bits per heavy atom. The number of ketones is 1. The van der Waals surface area contributed by atoms with Crippen LogP contribution in [0.3, 0.4) is 0 Å². The molecule has 0 heterocycles. The van der Waals surface area contributed by atoms with Crippen molar-refractivity contribution in [3.05, 3.63) is 34.9 Å². The lowest BCUT2D eigenvalue weighted by Gasteiger charge is -2.14. The van der Waals surface area contributed by atoms with Crippen molar-refractivity contribution < 1.29 is 9.59 Å². The van der Waals surface area contributed by atoms with E-state index in [1.54, 1.807) is 19.9 Å². The smallest absolute Gasteiger partial charge is 0.252 e. The van der Waals surface area contributed by atoms with Crippen molar-refractivity contribution in [3.8, 4) is 0 Å². The number of carbonyl (C=O) groups excluding carboxylic acids is 2. The van der Waals surface area contributed by atoms with Gasteiger partial charge in [-0.3, -0.25) is 9.59 Å². The SMILES string of the molecule is CCC(=O)C(C)NC(=O)c1cccc(C)c1C. The van der Waals surface area contributed by atoms with Crippen LogP contribution in [-0.2, 0) is 4.79 Å². The van der Waals surface area contributed by atoms with Crippen LogP contribution in [-0.4, -0.2) is 17.7 Å². The number of amides is 1. The average molecular weight is 233 g/mol. The highest BCUT2D eigenvalue weighted by Crippen LogP contribution is 2.12. The molecule has 0 saturated carbocycles. The van der Waals surface area contributed by atoms with Gasteiger partial charge in [-0.05, 0) is 38.0 Å². The number of Topliss-reactive ketones (excluding diaryl/α,β-unsaturated/α-hetero) is 1. The molecule has 1 atom stereocenters. The summed E-state index contributed by atoms with van der Waals surface area (Å²) in [5.74, 6) is -0.135. The van der Waals surface area contributed by atoms with E-state index < -0.39 is 6.04 Å². The van der Waals surface area contributed by atoms with E-state index in [1.165, 1.54) is 0 Å². The molecule has 0 saturated heterocycles. The molecule has 0 aliphatic rings. The molecule has 0 radical (unpaired) electrons. The molecule has 3 nitrogen and oxygen atoms in total. The second kappa shape index (κ2) is 5.62. The molecule has 1 aromatic carbocycles. The molecule has 0 spiro atoms. The van der Waals surface area contributed by atoms with E-state index in [0.717, 1.165) is 11.1 Å². The van der Waals surface area contributed by atoms with E-state index >= 15 is 0 Å². The first kappa shape index (κ1) is 13.4. The minimum Gasteiger partial charge on any atom is -0.343 e. The number of nitrogens with one attached hydrogen (secondary N) is 1. The average Bonchev–Trinajstić information content (AvgIpc) is 2.31. The van der Waals surface area contributed by atoms with E-state index in [-0.39, 0.29) is 11.7 Å². The fourth-order valence-electron chi connectivity index (χ4n) is 1.66. The van der Waals surface area contributed by atoms with Crippen LogP contribution >= 0.6 is 0 Å². The van der Waals surface area contributed by atoms with Gasteiger partial charge in [-0.2, -0.15) is 0 Å². The van der Waals surface area contributed by atoms with E-state index in [0.29, 0.717) is 12.0 Å². The lowest BCUT2D eigenvalue weighted by Crippen LogP contribution is -2.38. The number of aryl methyl sites for hydroxylation is 1. The number of benzene rings is 1. The van der Waals surface area contributed by atoms with Gasteiger partial charge in [0.1, 0.15) is 0 Å². The maximum Gasteiger partial charge on any atom is 0.252 e. The molecule has 0 bridgehead atoms. The van der Waals surface area contributed by atoms with Crippen molar-refractivity contribution in [3.63, 3.8) is 0 Å². The Morgan fingerprint density at radius 1 is 1.29 bits per heavy atom. The van der Waals surface area contributed by atoms with E-state index in [4.69, 9.17) is 0 Å². The third-order valence-electron chi connectivity index (χ3n) is 3.03. The Balaban J connectivity index is 2.84. The topological polar surface area (TPSA) is 46.2 Å². The predicted octanol–water partition coefficient (Wildman–Crippen LogP) is 2.40. The monoisotopic (exact) mass is 233 g/mol. The molecule has 0 aliphatic heterocycles. The summed E-state index contributed by atoms with van der Waals surface area (Å²) in [5, 5.41) is 2.73. The van der Waals surface area contributed by atoms with Crippen LogP contribution in [0.4, 0.5) is 0 Å². The van der Waals surface area contributed by atoms with Crippen molar-refractivity contribution in [2.45, 2.75) is 40.2 Å². The molecule has 17 heavy (non-hydrogen) atoms. The van der Waals surface area contributed by atoms with Crippen LogP contribution in [0.5, 0.6) is 0 Å². The molecule has 1 unspecified atom stereocenters. The summed E-state index contributed by atoms with van der Waals surface area (Å²) < 4.78 is 0. The van der Waals surface area contributed by atoms with Gasteiger partial charge in [0.15, 0.2) is 5.78 Å². The third kappa shape index (κ3) is 3.16. The summed E-state index contributed by atoms with van der Waals surface area (Å²) in [6, 6.07) is 5.17. The van der Waals surface area contributed by atoms with Crippen LogP contribution in [0, 0.1) is 13.8 Å². The third-order valence-corrected chi connectivity index (χ3v) is 3.03. The van der Waals surface area contributed by atoms with Gasteiger partial charge in [-0.15, -0.1) is 0 Å². The van der Waals surface area contributed by atoms with Gasteiger partial charge in [-0.25, -0.2) is 0 Å². The Bertz CT molecular complexity index is 438. The first-order chi connectivity index (χ1) is 7.97. The van der Waals surface area contributed by atoms with Gasteiger partial charge in [0.2, 0.25) is 0 Å². The highest BCUT2D eigenvalue weighted by atomic mass is 16.2. The normalized spacial score (nSPS) is 12.0. The second-order valence-corrected chi connectivity index (χ2v) is 4.26.